The van der Waals surface area contributed by atoms with Crippen molar-refractivity contribution in [3.8, 4) is 17.0 Å². The van der Waals surface area contributed by atoms with E-state index in [-0.39, 0.29) is 6.42 Å². The van der Waals surface area contributed by atoms with E-state index in [1.807, 2.05) is 31.2 Å². The SMILES string of the molecule is CCOc1ccc(-c2nc(C)oc2CC(=O)O)cc1. The first kappa shape index (κ1) is 13.1. The molecule has 1 aromatic carbocycles. The van der Waals surface area contributed by atoms with Crippen molar-refractivity contribution in [3.05, 3.63) is 35.9 Å². The van der Waals surface area contributed by atoms with E-state index in [0.29, 0.717) is 24.0 Å². The number of hydrogen-bond donors (Lipinski definition) is 1. The predicted octanol–water partition coefficient (Wildman–Crippen LogP) is 2.68. The summed E-state index contributed by atoms with van der Waals surface area (Å²) in [5, 5.41) is 8.85. The molecule has 2 rings (SSSR count). The Balaban J connectivity index is 2.32. The highest BCUT2D eigenvalue weighted by Crippen LogP contribution is 2.26. The molecule has 0 aliphatic carbocycles. The van der Waals surface area contributed by atoms with Gasteiger partial charge < -0.3 is 14.3 Å². The maximum absolute atomic E-state index is 10.8. The van der Waals surface area contributed by atoms with Crippen LogP contribution >= 0.6 is 0 Å². The molecule has 1 heterocycles. The molecule has 2 aromatic rings. The van der Waals surface area contributed by atoms with Gasteiger partial charge in [-0.2, -0.15) is 0 Å². The molecule has 0 atom stereocenters. The second kappa shape index (κ2) is 5.56. The maximum Gasteiger partial charge on any atom is 0.311 e. The van der Waals surface area contributed by atoms with E-state index in [1.165, 1.54) is 0 Å². The first-order chi connectivity index (χ1) is 9.10. The molecule has 0 aliphatic heterocycles. The molecule has 0 saturated heterocycles. The summed E-state index contributed by atoms with van der Waals surface area (Å²) in [5.41, 5.74) is 1.39. The smallest absolute Gasteiger partial charge is 0.311 e. The number of aromatic nitrogens is 1. The summed E-state index contributed by atoms with van der Waals surface area (Å²) in [6, 6.07) is 7.34. The van der Waals surface area contributed by atoms with Gasteiger partial charge in [0.1, 0.15) is 23.6 Å². The predicted molar refractivity (Wildman–Crippen MR) is 69.2 cm³/mol. The fourth-order valence-electron chi connectivity index (χ4n) is 1.83. The minimum Gasteiger partial charge on any atom is -0.494 e. The Morgan fingerprint density at radius 1 is 1.37 bits per heavy atom. The first-order valence-electron chi connectivity index (χ1n) is 6.01. The summed E-state index contributed by atoms with van der Waals surface area (Å²) in [5.74, 6) is 0.656. The average Bonchev–Trinajstić information content (AvgIpc) is 2.71. The van der Waals surface area contributed by atoms with E-state index in [2.05, 4.69) is 4.98 Å². The number of aryl methyl sites for hydroxylation is 1. The van der Waals surface area contributed by atoms with Crippen LogP contribution in [0.3, 0.4) is 0 Å². The molecule has 19 heavy (non-hydrogen) atoms. The molecule has 0 spiro atoms. The van der Waals surface area contributed by atoms with E-state index in [1.54, 1.807) is 6.92 Å². The summed E-state index contributed by atoms with van der Waals surface area (Å²) >= 11 is 0. The monoisotopic (exact) mass is 261 g/mol. The van der Waals surface area contributed by atoms with E-state index in [4.69, 9.17) is 14.3 Å². The maximum atomic E-state index is 10.8. The highest BCUT2D eigenvalue weighted by Gasteiger charge is 2.15. The van der Waals surface area contributed by atoms with Gasteiger partial charge in [-0.25, -0.2) is 4.98 Å². The lowest BCUT2D eigenvalue weighted by Gasteiger charge is -2.04. The van der Waals surface area contributed by atoms with Crippen LogP contribution in [0.15, 0.2) is 28.7 Å². The molecule has 1 aromatic heterocycles. The van der Waals surface area contributed by atoms with Gasteiger partial charge in [0.15, 0.2) is 5.89 Å². The highest BCUT2D eigenvalue weighted by atomic mass is 16.5. The fourth-order valence-corrected chi connectivity index (χ4v) is 1.83. The van der Waals surface area contributed by atoms with E-state index in [9.17, 15) is 4.79 Å². The average molecular weight is 261 g/mol. The first-order valence-corrected chi connectivity index (χ1v) is 6.01. The molecule has 5 nitrogen and oxygen atoms in total. The van der Waals surface area contributed by atoms with Gasteiger partial charge in [-0.15, -0.1) is 0 Å². The van der Waals surface area contributed by atoms with E-state index >= 15 is 0 Å². The minimum atomic E-state index is -0.941. The Morgan fingerprint density at radius 3 is 2.63 bits per heavy atom. The number of rotatable bonds is 5. The van der Waals surface area contributed by atoms with Crippen LogP contribution in [0.2, 0.25) is 0 Å². The molecule has 0 saturated carbocycles. The Morgan fingerprint density at radius 2 is 2.05 bits per heavy atom. The van der Waals surface area contributed by atoms with Crippen LogP contribution in [0, 0.1) is 6.92 Å². The van der Waals surface area contributed by atoms with Gasteiger partial charge in [-0.3, -0.25) is 4.79 Å². The molecule has 0 amide bonds. The van der Waals surface area contributed by atoms with Gasteiger partial charge >= 0.3 is 5.97 Å². The van der Waals surface area contributed by atoms with Crippen LogP contribution < -0.4 is 4.74 Å². The second-order valence-electron chi connectivity index (χ2n) is 4.03. The summed E-state index contributed by atoms with van der Waals surface area (Å²) in [6.07, 6.45) is -0.177. The largest absolute Gasteiger partial charge is 0.494 e. The van der Waals surface area contributed by atoms with Crippen molar-refractivity contribution >= 4 is 5.97 Å². The van der Waals surface area contributed by atoms with Crippen molar-refractivity contribution in [2.45, 2.75) is 20.3 Å². The lowest BCUT2D eigenvalue weighted by Crippen LogP contribution is -2.00. The number of carboxylic acid groups (broad SMARTS) is 1. The van der Waals surface area contributed by atoms with Crippen LogP contribution in [0.25, 0.3) is 11.3 Å². The minimum absolute atomic E-state index is 0.177. The third-order valence-electron chi connectivity index (χ3n) is 2.55. The lowest BCUT2D eigenvalue weighted by atomic mass is 10.1. The van der Waals surface area contributed by atoms with Crippen molar-refractivity contribution in [3.63, 3.8) is 0 Å². The summed E-state index contributed by atoms with van der Waals surface area (Å²) < 4.78 is 10.7. The zero-order chi connectivity index (χ0) is 13.8. The molecule has 0 bridgehead atoms. The molecule has 0 radical (unpaired) electrons. The standard InChI is InChI=1S/C14H15NO4/c1-3-18-11-6-4-10(5-7-11)14-12(8-13(16)17)19-9(2)15-14/h4-7H,3,8H2,1-2H3,(H,16,17). The van der Waals surface area contributed by atoms with Crippen molar-refractivity contribution in [1.29, 1.82) is 0 Å². The zero-order valence-corrected chi connectivity index (χ0v) is 10.8. The van der Waals surface area contributed by atoms with E-state index in [0.717, 1.165) is 11.3 Å². The second-order valence-corrected chi connectivity index (χ2v) is 4.03. The molecule has 0 aliphatic rings. The third kappa shape index (κ3) is 3.13. The topological polar surface area (TPSA) is 72.6 Å². The number of carboxylic acids is 1. The van der Waals surface area contributed by atoms with Gasteiger partial charge in [0.05, 0.1) is 6.61 Å². The Kier molecular flexibility index (Phi) is 3.85. The summed E-state index contributed by atoms with van der Waals surface area (Å²) in [6.45, 7) is 4.22. The molecule has 100 valence electrons. The number of nitrogens with zero attached hydrogens (tertiary/aromatic N) is 1. The van der Waals surface area contributed by atoms with Crippen LogP contribution in [0.4, 0.5) is 0 Å². The molecule has 5 heteroatoms. The van der Waals surface area contributed by atoms with Crippen molar-refractivity contribution < 1.29 is 19.1 Å². The quantitative estimate of drug-likeness (QED) is 0.895. The number of ether oxygens (including phenoxy) is 1. The molecule has 0 fully saturated rings. The number of benzene rings is 1. The number of carbonyl (C=O) groups is 1. The number of oxazole rings is 1. The van der Waals surface area contributed by atoms with Crippen LogP contribution in [0.1, 0.15) is 18.6 Å². The van der Waals surface area contributed by atoms with Crippen LogP contribution in [-0.2, 0) is 11.2 Å². The Bertz CT molecular complexity index is 572. The zero-order valence-electron chi connectivity index (χ0n) is 10.8. The third-order valence-corrected chi connectivity index (χ3v) is 2.55. The van der Waals surface area contributed by atoms with Gasteiger partial charge in [0.25, 0.3) is 0 Å². The van der Waals surface area contributed by atoms with Crippen LogP contribution in [-0.4, -0.2) is 22.7 Å². The fraction of sp³-hybridized carbons (Fsp3) is 0.286. The van der Waals surface area contributed by atoms with Gasteiger partial charge in [0, 0.05) is 12.5 Å². The van der Waals surface area contributed by atoms with Gasteiger partial charge in [0.2, 0.25) is 0 Å². The van der Waals surface area contributed by atoms with Crippen LogP contribution in [0.5, 0.6) is 5.75 Å². The van der Waals surface area contributed by atoms with Crippen molar-refractivity contribution in [2.24, 2.45) is 0 Å². The van der Waals surface area contributed by atoms with Gasteiger partial charge in [-0.1, -0.05) is 0 Å². The van der Waals surface area contributed by atoms with Crippen molar-refractivity contribution in [1.82, 2.24) is 4.98 Å². The summed E-state index contributed by atoms with van der Waals surface area (Å²) in [7, 11) is 0. The lowest BCUT2D eigenvalue weighted by molar-refractivity contribution is -0.136. The van der Waals surface area contributed by atoms with Gasteiger partial charge in [-0.05, 0) is 31.2 Å². The molecular formula is C14H15NO4. The summed E-state index contributed by atoms with van der Waals surface area (Å²) in [4.78, 5) is 15.0. The van der Waals surface area contributed by atoms with E-state index < -0.39 is 5.97 Å². The normalized spacial score (nSPS) is 10.4. The van der Waals surface area contributed by atoms with Crippen molar-refractivity contribution in [2.75, 3.05) is 6.61 Å². The highest BCUT2D eigenvalue weighted by molar-refractivity contribution is 5.73. The molecular weight excluding hydrogens is 246 g/mol. The number of aliphatic carboxylic acids is 1. The Labute approximate surface area is 110 Å². The number of hydrogen-bond acceptors (Lipinski definition) is 4. The molecule has 1 N–H and O–H groups in total. The Hall–Kier alpha value is -2.30. The molecule has 0 unspecified atom stereocenters.